The van der Waals surface area contributed by atoms with Crippen LogP contribution in [0.2, 0.25) is 0 Å². The fraction of sp³-hybridized carbons (Fsp3) is 0.146. The number of hydrogen-bond donors (Lipinski definition) is 4. The number of rotatable bonds is 13. The van der Waals surface area contributed by atoms with Crippen molar-refractivity contribution in [2.24, 2.45) is 9.98 Å². The van der Waals surface area contributed by atoms with E-state index in [0.717, 1.165) is 21.1 Å². The molecule has 0 aliphatic heterocycles. The van der Waals surface area contributed by atoms with Gasteiger partial charge in [0, 0.05) is 53.5 Å². The summed E-state index contributed by atoms with van der Waals surface area (Å²) in [6, 6.07) is 19.0. The predicted octanol–water partition coefficient (Wildman–Crippen LogP) is 6.33. The fourth-order valence-corrected chi connectivity index (χ4v) is 5.45. The van der Waals surface area contributed by atoms with Crippen LogP contribution in [0, 0.1) is 27.2 Å². The van der Waals surface area contributed by atoms with Gasteiger partial charge in [-0.3, -0.25) is 30.2 Å². The molecule has 0 aliphatic carbocycles. The van der Waals surface area contributed by atoms with E-state index >= 15 is 0 Å². The maximum Gasteiger partial charge on any atom is 0.359 e. The molecule has 0 fully saturated rings. The summed E-state index contributed by atoms with van der Waals surface area (Å²) in [5.74, 6) is -3.52. The zero-order chi connectivity index (χ0) is 46.0. The molecule has 64 heavy (non-hydrogen) atoms. The minimum atomic E-state index is -0.845. The molecule has 0 amide bonds. The predicted molar refractivity (Wildman–Crippen MR) is 222 cm³/mol. The molecule has 4 N–H and O–H groups in total. The quantitative estimate of drug-likeness (QED) is 0.0323. The third-order valence-electron chi connectivity index (χ3n) is 8.53. The number of aryl methyl sites for hydroxylation is 1. The third kappa shape index (κ3) is 11.1. The standard InChI is InChI=1S/C21H18N4O8.C20H18N4O6.Co/c1-3-33-21(29)18-15(11-22-16-10-12(20(28)32-2)4-9-17(16)26)19(27)24(23-18)13-5-7-14(8-6-13)25(30)31;1-3-30-20(27)18-15(11-21-16-10-12(2)4-9-17(16)25)19(26)23(22-18)13-5-7-14(8-6-13)24(28)29;/h4-11,26-27H,3H2,1-2H3;4-11,25-26H,3H2,1-2H3;. The number of nitro groups is 2. The summed E-state index contributed by atoms with van der Waals surface area (Å²) in [4.78, 5) is 65.3. The number of nitro benzene ring substituents is 2. The molecule has 1 radical (unpaired) electrons. The number of carbonyl (C=O) groups excluding carboxylic acids is 3. The zero-order valence-electron chi connectivity index (χ0n) is 33.9. The molecule has 23 heteroatoms. The van der Waals surface area contributed by atoms with Gasteiger partial charge in [0.1, 0.15) is 22.9 Å². The first-order chi connectivity index (χ1) is 30.1. The van der Waals surface area contributed by atoms with E-state index in [9.17, 15) is 55.0 Å². The number of esters is 3. The fourth-order valence-electron chi connectivity index (χ4n) is 5.45. The Labute approximate surface area is 371 Å². The van der Waals surface area contributed by atoms with E-state index in [1.165, 1.54) is 86.1 Å². The van der Waals surface area contributed by atoms with Gasteiger partial charge in [0.25, 0.3) is 11.4 Å². The molecule has 0 aliphatic rings. The Morgan fingerprint density at radius 2 is 1.06 bits per heavy atom. The van der Waals surface area contributed by atoms with Crippen molar-refractivity contribution in [1.29, 1.82) is 0 Å². The molecule has 0 unspecified atom stereocenters. The van der Waals surface area contributed by atoms with Crippen molar-refractivity contribution in [3.63, 3.8) is 0 Å². The van der Waals surface area contributed by atoms with Gasteiger partial charge < -0.3 is 34.6 Å². The average molecular weight is 924 g/mol. The van der Waals surface area contributed by atoms with Crippen molar-refractivity contribution in [3.05, 3.63) is 139 Å². The first-order valence-corrected chi connectivity index (χ1v) is 18.3. The number of hydrogen-bond acceptors (Lipinski definition) is 18. The molecular formula is C41H36CoN8O14. The summed E-state index contributed by atoms with van der Waals surface area (Å²) in [5.41, 5.74) is 0.802. The second-order valence-corrected chi connectivity index (χ2v) is 12.7. The molecule has 0 bridgehead atoms. The van der Waals surface area contributed by atoms with Gasteiger partial charge in [-0.15, -0.1) is 0 Å². The van der Waals surface area contributed by atoms with Gasteiger partial charge in [0.15, 0.2) is 11.4 Å². The number of phenolic OH excluding ortho intramolecular Hbond substituents is 2. The van der Waals surface area contributed by atoms with Crippen molar-refractivity contribution < 1.29 is 75.6 Å². The number of carbonyl (C=O) groups is 3. The minimum absolute atomic E-state index is 0. The first kappa shape index (κ1) is 48.2. The van der Waals surface area contributed by atoms with Crippen LogP contribution in [0.5, 0.6) is 23.3 Å². The average Bonchev–Trinajstić information content (AvgIpc) is 3.79. The second kappa shape index (κ2) is 21.4. The number of aromatic hydroxyl groups is 4. The van der Waals surface area contributed by atoms with Crippen LogP contribution in [-0.2, 0) is 31.0 Å². The maximum absolute atomic E-state index is 12.4. The van der Waals surface area contributed by atoms with E-state index in [4.69, 9.17) is 9.47 Å². The zero-order valence-corrected chi connectivity index (χ0v) is 35.0. The molecule has 2 heterocycles. The van der Waals surface area contributed by atoms with Crippen LogP contribution in [0.3, 0.4) is 0 Å². The Morgan fingerprint density at radius 3 is 1.45 bits per heavy atom. The number of methoxy groups -OCH3 is 1. The molecule has 6 aromatic rings. The molecule has 0 atom stereocenters. The molecule has 0 saturated heterocycles. The number of aromatic nitrogens is 4. The number of nitrogens with zero attached hydrogens (tertiary/aromatic N) is 8. The summed E-state index contributed by atoms with van der Waals surface area (Å²) in [6.07, 6.45) is 2.28. The maximum atomic E-state index is 12.4. The van der Waals surface area contributed by atoms with Crippen LogP contribution in [-0.4, -0.2) is 100 Å². The van der Waals surface area contributed by atoms with Crippen molar-refractivity contribution >= 4 is 53.1 Å². The van der Waals surface area contributed by atoms with E-state index < -0.39 is 39.5 Å². The van der Waals surface area contributed by atoms with Crippen LogP contribution in [0.4, 0.5) is 22.7 Å². The van der Waals surface area contributed by atoms with Crippen molar-refractivity contribution in [2.45, 2.75) is 20.8 Å². The monoisotopic (exact) mass is 923 g/mol. The van der Waals surface area contributed by atoms with Crippen LogP contribution >= 0.6 is 0 Å². The molecular weight excluding hydrogens is 887 g/mol. The molecule has 22 nitrogen and oxygen atoms in total. The van der Waals surface area contributed by atoms with E-state index in [1.807, 2.05) is 6.92 Å². The summed E-state index contributed by atoms with van der Waals surface area (Å²) in [6.45, 7) is 5.19. The van der Waals surface area contributed by atoms with Crippen molar-refractivity contribution in [2.75, 3.05) is 20.3 Å². The molecule has 6 rings (SSSR count). The van der Waals surface area contributed by atoms with E-state index in [2.05, 4.69) is 24.9 Å². The molecule has 0 spiro atoms. The number of non-ortho nitro benzene ring substituents is 2. The van der Waals surface area contributed by atoms with Crippen molar-refractivity contribution in [1.82, 2.24) is 19.6 Å². The van der Waals surface area contributed by atoms with Crippen LogP contribution in [0.15, 0.2) is 94.9 Å². The van der Waals surface area contributed by atoms with Gasteiger partial charge in [-0.2, -0.15) is 19.6 Å². The van der Waals surface area contributed by atoms with Crippen molar-refractivity contribution in [3.8, 4) is 34.6 Å². The SMILES string of the molecule is CCOC(=O)c1nn(-c2ccc([N+](=O)[O-])cc2)c(O)c1C=Nc1cc(C(=O)OC)ccc1O.CCOC(=O)c1nn(-c2ccc([N+](=O)[O-])cc2)c(O)c1C=Nc1cc(C)ccc1O.[Co]. The summed E-state index contributed by atoms with van der Waals surface area (Å²) >= 11 is 0. The Hall–Kier alpha value is -8.44. The molecule has 0 saturated carbocycles. The Bertz CT molecular complexity index is 2770. The number of benzene rings is 4. The Kier molecular flexibility index (Phi) is 16.1. The van der Waals surface area contributed by atoms with Gasteiger partial charge in [0.2, 0.25) is 11.8 Å². The van der Waals surface area contributed by atoms with Gasteiger partial charge in [-0.1, -0.05) is 6.07 Å². The van der Waals surface area contributed by atoms with E-state index in [-0.39, 0.29) is 98.0 Å². The summed E-state index contributed by atoms with van der Waals surface area (Å²) in [5, 5.41) is 71.3. The van der Waals surface area contributed by atoms with E-state index in [0.29, 0.717) is 5.69 Å². The van der Waals surface area contributed by atoms with Gasteiger partial charge in [0.05, 0.1) is 58.2 Å². The summed E-state index contributed by atoms with van der Waals surface area (Å²) < 4.78 is 16.6. The number of aliphatic imine (C=N–C) groups is 2. The van der Waals surface area contributed by atoms with Crippen LogP contribution in [0.1, 0.15) is 61.9 Å². The Morgan fingerprint density at radius 1 is 0.656 bits per heavy atom. The van der Waals surface area contributed by atoms with Gasteiger partial charge in [-0.25, -0.2) is 14.4 Å². The summed E-state index contributed by atoms with van der Waals surface area (Å²) in [7, 11) is 1.20. The molecule has 2 aromatic heterocycles. The Balaban J connectivity index is 0.000000277. The second-order valence-electron chi connectivity index (χ2n) is 12.7. The number of ether oxygens (including phenoxy) is 3. The van der Waals surface area contributed by atoms with Crippen LogP contribution < -0.4 is 0 Å². The normalized spacial score (nSPS) is 10.8. The largest absolute Gasteiger partial charge is 0.506 e. The molecule has 4 aromatic carbocycles. The molecule has 333 valence electrons. The number of phenols is 2. The van der Waals surface area contributed by atoms with Gasteiger partial charge >= 0.3 is 17.9 Å². The third-order valence-corrected chi connectivity index (χ3v) is 8.53. The smallest absolute Gasteiger partial charge is 0.359 e. The topological polar surface area (TPSA) is 306 Å². The van der Waals surface area contributed by atoms with Crippen LogP contribution in [0.25, 0.3) is 11.4 Å². The van der Waals surface area contributed by atoms with Gasteiger partial charge in [-0.05, 0) is 80.9 Å². The van der Waals surface area contributed by atoms with E-state index in [1.54, 1.807) is 26.0 Å². The first-order valence-electron chi connectivity index (χ1n) is 18.3. The minimum Gasteiger partial charge on any atom is -0.506 e.